The van der Waals surface area contributed by atoms with E-state index in [-0.39, 0.29) is 0 Å². The van der Waals surface area contributed by atoms with E-state index in [0.717, 1.165) is 26.6 Å². The summed E-state index contributed by atoms with van der Waals surface area (Å²) in [5.74, 6) is 1.95. The molecule has 0 bridgehead atoms. The van der Waals surface area contributed by atoms with Crippen LogP contribution in [0.2, 0.25) is 10.0 Å². The number of thioether (sulfide) groups is 1. The zero-order valence-electron chi connectivity index (χ0n) is 9.72. The molecule has 1 fully saturated rings. The predicted octanol–water partition coefficient (Wildman–Crippen LogP) is 4.48. The van der Waals surface area contributed by atoms with Crippen LogP contribution in [-0.4, -0.2) is 18.8 Å². The van der Waals surface area contributed by atoms with Gasteiger partial charge in [-0.15, -0.1) is 11.8 Å². The summed E-state index contributed by atoms with van der Waals surface area (Å²) in [5.41, 5.74) is 0. The summed E-state index contributed by atoms with van der Waals surface area (Å²) in [6.07, 6.45) is 3.92. The van der Waals surface area contributed by atoms with Gasteiger partial charge in [0.15, 0.2) is 0 Å². The third-order valence-corrected chi connectivity index (χ3v) is 4.84. The van der Waals surface area contributed by atoms with Crippen LogP contribution < -0.4 is 5.32 Å². The summed E-state index contributed by atoms with van der Waals surface area (Å²) in [7, 11) is 0. The molecule has 1 aromatic rings. The van der Waals surface area contributed by atoms with Gasteiger partial charge in [0.25, 0.3) is 0 Å². The highest BCUT2D eigenvalue weighted by Gasteiger charge is 2.12. The highest BCUT2D eigenvalue weighted by atomic mass is 35.5. The summed E-state index contributed by atoms with van der Waals surface area (Å²) in [6, 6.07) is 5.65. The zero-order chi connectivity index (χ0) is 12.1. The molecule has 1 atom stereocenters. The van der Waals surface area contributed by atoms with Crippen molar-refractivity contribution in [2.45, 2.75) is 24.2 Å². The van der Waals surface area contributed by atoms with Gasteiger partial charge in [0.2, 0.25) is 0 Å². The Morgan fingerprint density at radius 1 is 1.35 bits per heavy atom. The Bertz CT molecular complexity index is 364. The van der Waals surface area contributed by atoms with E-state index in [2.05, 4.69) is 5.32 Å². The van der Waals surface area contributed by atoms with Crippen LogP contribution in [-0.2, 0) is 0 Å². The zero-order valence-corrected chi connectivity index (χ0v) is 12.0. The number of halogens is 2. The number of benzene rings is 1. The smallest absolute Gasteiger partial charge is 0.0542 e. The molecule has 0 saturated carbocycles. The highest BCUT2D eigenvalue weighted by Crippen LogP contribution is 2.31. The van der Waals surface area contributed by atoms with Crippen molar-refractivity contribution in [1.82, 2.24) is 5.32 Å². The van der Waals surface area contributed by atoms with Crippen LogP contribution in [0.4, 0.5) is 0 Å². The van der Waals surface area contributed by atoms with E-state index >= 15 is 0 Å². The first-order valence-electron chi connectivity index (χ1n) is 6.04. The van der Waals surface area contributed by atoms with Crippen LogP contribution in [0.25, 0.3) is 0 Å². The minimum Gasteiger partial charge on any atom is -0.316 e. The summed E-state index contributed by atoms with van der Waals surface area (Å²) in [6.45, 7) is 2.35. The van der Waals surface area contributed by atoms with Crippen LogP contribution in [0.3, 0.4) is 0 Å². The first kappa shape index (κ1) is 13.5. The number of hydrogen-bond acceptors (Lipinski definition) is 2. The first-order valence-corrected chi connectivity index (χ1v) is 7.78. The molecule has 1 saturated heterocycles. The molecule has 17 heavy (non-hydrogen) atoms. The molecule has 94 valence electrons. The Morgan fingerprint density at radius 2 is 2.24 bits per heavy atom. The predicted molar refractivity (Wildman–Crippen MR) is 77.4 cm³/mol. The molecule has 0 spiro atoms. The van der Waals surface area contributed by atoms with Crippen molar-refractivity contribution in [1.29, 1.82) is 0 Å². The van der Waals surface area contributed by atoms with Crippen LogP contribution in [0, 0.1) is 5.92 Å². The van der Waals surface area contributed by atoms with Gasteiger partial charge in [-0.3, -0.25) is 0 Å². The summed E-state index contributed by atoms with van der Waals surface area (Å²) in [4.78, 5) is 1.10. The van der Waals surface area contributed by atoms with E-state index < -0.39 is 0 Å². The van der Waals surface area contributed by atoms with Crippen molar-refractivity contribution in [3.05, 3.63) is 28.2 Å². The van der Waals surface area contributed by atoms with Crippen molar-refractivity contribution in [2.75, 3.05) is 18.8 Å². The number of hydrogen-bond donors (Lipinski definition) is 1. The van der Waals surface area contributed by atoms with E-state index in [1.165, 1.54) is 32.4 Å². The van der Waals surface area contributed by atoms with E-state index in [1.54, 1.807) is 0 Å². The molecule has 0 aromatic heterocycles. The van der Waals surface area contributed by atoms with Gasteiger partial charge in [-0.25, -0.2) is 0 Å². The largest absolute Gasteiger partial charge is 0.316 e. The molecule has 1 nitrogen and oxygen atoms in total. The molecule has 1 aliphatic rings. The van der Waals surface area contributed by atoms with Crippen molar-refractivity contribution in [2.24, 2.45) is 5.92 Å². The van der Waals surface area contributed by atoms with Crippen molar-refractivity contribution in [3.8, 4) is 0 Å². The maximum atomic E-state index is 6.13. The van der Waals surface area contributed by atoms with Gasteiger partial charge in [0, 0.05) is 9.92 Å². The van der Waals surface area contributed by atoms with Gasteiger partial charge in [-0.05, 0) is 62.2 Å². The minimum absolute atomic E-state index is 0.760. The lowest BCUT2D eigenvalue weighted by Gasteiger charge is -2.22. The number of nitrogens with one attached hydrogen (secondary N) is 1. The standard InChI is InChI=1S/C13H17Cl2NS/c14-11-3-4-12(15)13(8-11)17-7-5-10-2-1-6-16-9-10/h3-4,8,10,16H,1-2,5-7,9H2. The maximum absolute atomic E-state index is 6.13. The third-order valence-electron chi connectivity index (χ3n) is 3.08. The fraction of sp³-hybridized carbons (Fsp3) is 0.538. The molecule has 1 unspecified atom stereocenters. The second-order valence-corrected chi connectivity index (χ2v) is 6.40. The Kier molecular flexibility index (Phi) is 5.49. The first-order chi connectivity index (χ1) is 8.25. The summed E-state index contributed by atoms with van der Waals surface area (Å²) >= 11 is 13.9. The lowest BCUT2D eigenvalue weighted by molar-refractivity contribution is 0.371. The van der Waals surface area contributed by atoms with Gasteiger partial charge >= 0.3 is 0 Å². The molecule has 1 aliphatic heterocycles. The highest BCUT2D eigenvalue weighted by molar-refractivity contribution is 7.99. The molecule has 1 N–H and O–H groups in total. The van der Waals surface area contributed by atoms with Crippen LogP contribution in [0.15, 0.2) is 23.1 Å². The molecule has 1 heterocycles. The maximum Gasteiger partial charge on any atom is 0.0542 e. The minimum atomic E-state index is 0.760. The van der Waals surface area contributed by atoms with E-state index in [9.17, 15) is 0 Å². The Hall–Kier alpha value is 0.110. The molecule has 0 amide bonds. The van der Waals surface area contributed by atoms with Crippen LogP contribution in [0.1, 0.15) is 19.3 Å². The molecule has 0 aliphatic carbocycles. The topological polar surface area (TPSA) is 12.0 Å². The van der Waals surface area contributed by atoms with Crippen LogP contribution in [0.5, 0.6) is 0 Å². The second-order valence-electron chi connectivity index (χ2n) is 4.42. The summed E-state index contributed by atoms with van der Waals surface area (Å²) < 4.78 is 0. The lowest BCUT2D eigenvalue weighted by atomic mass is 9.97. The number of rotatable bonds is 4. The fourth-order valence-corrected chi connectivity index (χ4v) is 3.70. The van der Waals surface area contributed by atoms with Crippen molar-refractivity contribution in [3.63, 3.8) is 0 Å². The molecule has 2 rings (SSSR count). The quantitative estimate of drug-likeness (QED) is 0.821. The molecule has 0 radical (unpaired) electrons. The van der Waals surface area contributed by atoms with E-state index in [4.69, 9.17) is 23.2 Å². The fourth-order valence-electron chi connectivity index (χ4n) is 2.09. The van der Waals surface area contributed by atoms with Gasteiger partial charge < -0.3 is 5.32 Å². The van der Waals surface area contributed by atoms with Crippen molar-refractivity contribution < 1.29 is 0 Å². The lowest BCUT2D eigenvalue weighted by Crippen LogP contribution is -2.29. The Balaban J connectivity index is 1.79. The van der Waals surface area contributed by atoms with Crippen LogP contribution >= 0.6 is 35.0 Å². The van der Waals surface area contributed by atoms with E-state index in [1.807, 2.05) is 30.0 Å². The molecular formula is C13H17Cl2NS. The van der Waals surface area contributed by atoms with Gasteiger partial charge in [-0.1, -0.05) is 23.2 Å². The van der Waals surface area contributed by atoms with Crippen molar-refractivity contribution >= 4 is 35.0 Å². The van der Waals surface area contributed by atoms with E-state index in [0.29, 0.717) is 0 Å². The summed E-state index contributed by atoms with van der Waals surface area (Å²) in [5, 5.41) is 5.01. The molecular weight excluding hydrogens is 273 g/mol. The van der Waals surface area contributed by atoms with Gasteiger partial charge in [-0.2, -0.15) is 0 Å². The third kappa shape index (κ3) is 4.36. The number of piperidine rings is 1. The molecule has 1 aromatic carbocycles. The van der Waals surface area contributed by atoms with Gasteiger partial charge in [0.05, 0.1) is 5.02 Å². The average Bonchev–Trinajstić information content (AvgIpc) is 2.35. The Morgan fingerprint density at radius 3 is 3.00 bits per heavy atom. The monoisotopic (exact) mass is 289 g/mol. The SMILES string of the molecule is Clc1ccc(Cl)c(SCCC2CCCNC2)c1. The normalized spacial score (nSPS) is 20.5. The Labute approximate surface area is 117 Å². The molecule has 4 heteroatoms. The second kappa shape index (κ2) is 6.89. The van der Waals surface area contributed by atoms with Gasteiger partial charge in [0.1, 0.15) is 0 Å². The average molecular weight is 290 g/mol.